The van der Waals surface area contributed by atoms with E-state index in [2.05, 4.69) is 56.5 Å². The average molecular weight is 467 g/mol. The van der Waals surface area contributed by atoms with Crippen LogP contribution in [0, 0.1) is 0 Å². The fourth-order valence-electron chi connectivity index (χ4n) is 3.31. The van der Waals surface area contributed by atoms with Crippen LogP contribution >= 0.6 is 27.3 Å². The summed E-state index contributed by atoms with van der Waals surface area (Å²) < 4.78 is 2.33. The van der Waals surface area contributed by atoms with Gasteiger partial charge in [-0.2, -0.15) is 0 Å². The summed E-state index contributed by atoms with van der Waals surface area (Å²) in [6, 6.07) is 24.0. The van der Waals surface area contributed by atoms with E-state index < -0.39 is 5.91 Å². The topological polar surface area (TPSA) is 52.6 Å². The molecule has 2 N–H and O–H groups in total. The summed E-state index contributed by atoms with van der Waals surface area (Å²) in [6.45, 7) is 1.49. The number of anilines is 1. The van der Waals surface area contributed by atoms with Crippen LogP contribution in [0.4, 0.5) is 5.69 Å². The second-order valence-electron chi connectivity index (χ2n) is 6.73. The minimum atomic E-state index is -0.514. The van der Waals surface area contributed by atoms with E-state index in [4.69, 9.17) is 5.21 Å². The van der Waals surface area contributed by atoms with Gasteiger partial charge in [-0.1, -0.05) is 46.3 Å². The Hall–Kier alpha value is -2.67. The van der Waals surface area contributed by atoms with Gasteiger partial charge < -0.3 is 4.90 Å². The van der Waals surface area contributed by atoms with E-state index in [9.17, 15) is 4.79 Å². The predicted molar refractivity (Wildman–Crippen MR) is 122 cm³/mol. The number of nitrogens with zero attached hydrogens (tertiary/aromatic N) is 1. The Morgan fingerprint density at radius 2 is 1.76 bits per heavy atom. The number of hydrogen-bond donors (Lipinski definition) is 2. The van der Waals surface area contributed by atoms with Gasteiger partial charge in [0.1, 0.15) is 0 Å². The van der Waals surface area contributed by atoms with Crippen molar-refractivity contribution in [1.29, 1.82) is 0 Å². The van der Waals surface area contributed by atoms with Gasteiger partial charge >= 0.3 is 0 Å². The average Bonchev–Trinajstić information content (AvgIpc) is 3.15. The molecule has 0 radical (unpaired) electrons. The van der Waals surface area contributed by atoms with E-state index in [1.165, 1.54) is 21.2 Å². The van der Waals surface area contributed by atoms with Gasteiger partial charge in [0.15, 0.2) is 0 Å². The Balaban J connectivity index is 1.68. The molecule has 0 atom stereocenters. The first-order valence-corrected chi connectivity index (χ1v) is 10.8. The number of hydrogen-bond acceptors (Lipinski definition) is 4. The van der Waals surface area contributed by atoms with E-state index in [-0.39, 0.29) is 0 Å². The zero-order valence-electron chi connectivity index (χ0n) is 15.5. The fraction of sp³-hybridized carbons (Fsp3) is 0.0870. The molecule has 0 unspecified atom stereocenters. The van der Waals surface area contributed by atoms with Crippen LogP contribution in [0.3, 0.4) is 0 Å². The van der Waals surface area contributed by atoms with E-state index in [0.29, 0.717) is 5.56 Å². The van der Waals surface area contributed by atoms with Crippen molar-refractivity contribution < 1.29 is 10.0 Å². The lowest BCUT2D eigenvalue weighted by Crippen LogP contribution is -2.22. The normalized spacial score (nSPS) is 10.8. The molecule has 1 aromatic heterocycles. The van der Waals surface area contributed by atoms with Crippen LogP contribution < -0.4 is 10.4 Å². The van der Waals surface area contributed by atoms with Crippen molar-refractivity contribution >= 4 is 48.9 Å². The molecule has 3 aromatic carbocycles. The van der Waals surface area contributed by atoms with Crippen molar-refractivity contribution in [3.05, 3.63) is 99.3 Å². The van der Waals surface area contributed by atoms with Gasteiger partial charge in [0, 0.05) is 33.5 Å². The third-order valence-corrected chi connectivity index (χ3v) is 6.29. The standard InChI is InChI=1S/C23H19BrN2O2S/c24-19-8-11-22-21(12-19)18(15-29-22)14-26(13-16-4-2-1-3-5-16)20-9-6-17(7-10-20)23(27)25-28/h1-12,15,28H,13-14H2,(H,25,27). The Morgan fingerprint density at radius 1 is 1.00 bits per heavy atom. The predicted octanol–water partition coefficient (Wildman–Crippen LogP) is 5.99. The maximum atomic E-state index is 11.6. The van der Waals surface area contributed by atoms with Gasteiger partial charge in [0.2, 0.25) is 0 Å². The molecule has 0 bridgehead atoms. The third kappa shape index (κ3) is 4.50. The second kappa shape index (κ2) is 8.78. The second-order valence-corrected chi connectivity index (χ2v) is 8.56. The summed E-state index contributed by atoms with van der Waals surface area (Å²) in [7, 11) is 0. The summed E-state index contributed by atoms with van der Waals surface area (Å²) in [5.41, 5.74) is 5.58. The molecule has 6 heteroatoms. The third-order valence-electron chi connectivity index (χ3n) is 4.79. The van der Waals surface area contributed by atoms with Crippen LogP contribution in [0.2, 0.25) is 0 Å². The number of nitrogens with one attached hydrogen (secondary N) is 1. The first-order valence-electron chi connectivity index (χ1n) is 9.13. The molecule has 4 rings (SSSR count). The minimum absolute atomic E-state index is 0.417. The number of carbonyl (C=O) groups excluding carboxylic acids is 1. The molecule has 0 aliphatic rings. The highest BCUT2D eigenvalue weighted by Gasteiger charge is 2.13. The zero-order valence-corrected chi connectivity index (χ0v) is 17.9. The van der Waals surface area contributed by atoms with Crippen molar-refractivity contribution in [2.45, 2.75) is 13.1 Å². The van der Waals surface area contributed by atoms with Crippen molar-refractivity contribution in [3.8, 4) is 0 Å². The van der Waals surface area contributed by atoms with Gasteiger partial charge in [0.25, 0.3) is 5.91 Å². The number of benzene rings is 3. The van der Waals surface area contributed by atoms with E-state index in [0.717, 1.165) is 23.2 Å². The number of carbonyl (C=O) groups is 1. The summed E-state index contributed by atoms with van der Waals surface area (Å²) in [4.78, 5) is 13.9. The quantitative estimate of drug-likeness (QED) is 0.271. The summed E-state index contributed by atoms with van der Waals surface area (Å²) in [5, 5.41) is 12.3. The summed E-state index contributed by atoms with van der Waals surface area (Å²) >= 11 is 5.32. The molecule has 0 fully saturated rings. The van der Waals surface area contributed by atoms with E-state index >= 15 is 0 Å². The number of rotatable bonds is 6. The van der Waals surface area contributed by atoms with E-state index in [1.807, 2.05) is 30.3 Å². The van der Waals surface area contributed by atoms with Crippen molar-refractivity contribution in [1.82, 2.24) is 5.48 Å². The van der Waals surface area contributed by atoms with Gasteiger partial charge in [-0.3, -0.25) is 10.0 Å². The number of amides is 1. The first-order chi connectivity index (χ1) is 14.1. The Morgan fingerprint density at radius 3 is 2.48 bits per heavy atom. The van der Waals surface area contributed by atoms with Gasteiger partial charge in [-0.05, 0) is 64.4 Å². The largest absolute Gasteiger partial charge is 0.363 e. The summed E-state index contributed by atoms with van der Waals surface area (Å²) in [5.74, 6) is -0.514. The van der Waals surface area contributed by atoms with E-state index in [1.54, 1.807) is 28.9 Å². The number of fused-ring (bicyclic) bond motifs is 1. The van der Waals surface area contributed by atoms with Crippen LogP contribution in [0.5, 0.6) is 0 Å². The number of hydroxylamine groups is 1. The van der Waals surface area contributed by atoms with Gasteiger partial charge in [-0.25, -0.2) is 5.48 Å². The lowest BCUT2D eigenvalue weighted by atomic mass is 10.1. The zero-order chi connectivity index (χ0) is 20.2. The monoisotopic (exact) mass is 466 g/mol. The maximum Gasteiger partial charge on any atom is 0.274 e. The molecular formula is C23H19BrN2O2S. The van der Waals surface area contributed by atoms with Gasteiger partial charge in [0.05, 0.1) is 0 Å². The molecule has 0 aliphatic heterocycles. The van der Waals surface area contributed by atoms with Crippen LogP contribution in [-0.4, -0.2) is 11.1 Å². The molecule has 146 valence electrons. The molecule has 4 nitrogen and oxygen atoms in total. The lowest BCUT2D eigenvalue weighted by molar-refractivity contribution is 0.0706. The van der Waals surface area contributed by atoms with Crippen LogP contribution in [0.1, 0.15) is 21.5 Å². The van der Waals surface area contributed by atoms with Crippen molar-refractivity contribution in [3.63, 3.8) is 0 Å². The SMILES string of the molecule is O=C(NO)c1ccc(N(Cc2ccccc2)Cc2csc3ccc(Br)cc23)cc1. The molecule has 29 heavy (non-hydrogen) atoms. The number of thiophene rings is 1. The molecule has 0 aliphatic carbocycles. The molecule has 4 aromatic rings. The summed E-state index contributed by atoms with van der Waals surface area (Å²) in [6.07, 6.45) is 0. The van der Waals surface area contributed by atoms with Crippen molar-refractivity contribution in [2.75, 3.05) is 4.90 Å². The lowest BCUT2D eigenvalue weighted by Gasteiger charge is -2.25. The van der Waals surface area contributed by atoms with Crippen LogP contribution in [0.15, 0.2) is 82.6 Å². The molecular weight excluding hydrogens is 448 g/mol. The molecule has 1 amide bonds. The van der Waals surface area contributed by atoms with Crippen LogP contribution in [-0.2, 0) is 13.1 Å². The Bertz CT molecular complexity index is 1130. The molecule has 0 spiro atoms. The first kappa shape index (κ1) is 19.6. The van der Waals surface area contributed by atoms with Gasteiger partial charge in [-0.15, -0.1) is 11.3 Å². The van der Waals surface area contributed by atoms with Crippen LogP contribution in [0.25, 0.3) is 10.1 Å². The Labute approximate surface area is 181 Å². The maximum absolute atomic E-state index is 11.6. The smallest absolute Gasteiger partial charge is 0.274 e. The number of halogens is 1. The highest BCUT2D eigenvalue weighted by atomic mass is 79.9. The molecule has 0 saturated carbocycles. The highest BCUT2D eigenvalue weighted by molar-refractivity contribution is 9.10. The van der Waals surface area contributed by atoms with Crippen molar-refractivity contribution in [2.24, 2.45) is 0 Å². The highest BCUT2D eigenvalue weighted by Crippen LogP contribution is 2.31. The minimum Gasteiger partial charge on any atom is -0.363 e. The Kier molecular flexibility index (Phi) is 5.94. The molecule has 1 heterocycles. The molecule has 0 saturated heterocycles. The fourth-order valence-corrected chi connectivity index (χ4v) is 4.61.